The summed E-state index contributed by atoms with van der Waals surface area (Å²) < 4.78 is 0. The first-order chi connectivity index (χ1) is 10.6. The lowest BCUT2D eigenvalue weighted by atomic mass is 9.84. The lowest BCUT2D eigenvalue weighted by molar-refractivity contribution is 0.0609. The van der Waals surface area contributed by atoms with Crippen LogP contribution in [0.5, 0.6) is 0 Å². The number of benzene rings is 2. The van der Waals surface area contributed by atoms with Crippen molar-refractivity contribution < 1.29 is 9.90 Å². The van der Waals surface area contributed by atoms with E-state index in [9.17, 15) is 9.90 Å². The number of hydrogen-bond acceptors (Lipinski definition) is 2. The van der Waals surface area contributed by atoms with Gasteiger partial charge in [-0.15, -0.1) is 0 Å². The molecule has 116 valence electrons. The Labute approximate surface area is 132 Å². The van der Waals surface area contributed by atoms with Gasteiger partial charge in [-0.2, -0.15) is 0 Å². The summed E-state index contributed by atoms with van der Waals surface area (Å²) in [6, 6.07) is 19.2. The molecule has 0 heterocycles. The summed E-state index contributed by atoms with van der Waals surface area (Å²) >= 11 is 0. The third kappa shape index (κ3) is 4.54. The van der Waals surface area contributed by atoms with Gasteiger partial charge in [0.15, 0.2) is 5.78 Å². The van der Waals surface area contributed by atoms with Gasteiger partial charge in [0, 0.05) is 5.56 Å². The van der Waals surface area contributed by atoms with E-state index < -0.39 is 12.0 Å². The van der Waals surface area contributed by atoms with Crippen LogP contribution in [0.1, 0.15) is 36.2 Å². The van der Waals surface area contributed by atoms with E-state index in [-0.39, 0.29) is 5.78 Å². The van der Waals surface area contributed by atoms with Crippen LogP contribution in [0, 0.1) is 11.8 Å². The Balaban J connectivity index is 2.23. The Morgan fingerprint density at radius 2 is 1.50 bits per heavy atom. The van der Waals surface area contributed by atoms with Crippen molar-refractivity contribution in [1.82, 2.24) is 0 Å². The standard InChI is InChI=1S/C20H24O2/c1-15(2)13-19(21)18(14-16-9-5-3-6-10-16)20(22)17-11-7-4-8-12-17/h3-12,15,18-19,21H,13-14H2,1-2H3. The van der Waals surface area contributed by atoms with E-state index in [2.05, 4.69) is 13.8 Å². The fraction of sp³-hybridized carbons (Fsp3) is 0.350. The average Bonchev–Trinajstić information content (AvgIpc) is 2.53. The topological polar surface area (TPSA) is 37.3 Å². The zero-order valence-corrected chi connectivity index (χ0v) is 13.3. The minimum atomic E-state index is -0.618. The van der Waals surface area contributed by atoms with Gasteiger partial charge in [0.05, 0.1) is 12.0 Å². The molecule has 0 radical (unpaired) electrons. The molecule has 2 nitrogen and oxygen atoms in total. The molecule has 1 N–H and O–H groups in total. The average molecular weight is 296 g/mol. The van der Waals surface area contributed by atoms with Crippen LogP contribution in [-0.2, 0) is 6.42 Å². The predicted molar refractivity (Wildman–Crippen MR) is 89.9 cm³/mol. The summed E-state index contributed by atoms with van der Waals surface area (Å²) in [5, 5.41) is 10.6. The third-order valence-corrected chi connectivity index (χ3v) is 3.87. The Kier molecular flexibility index (Phi) is 5.91. The quantitative estimate of drug-likeness (QED) is 0.780. The summed E-state index contributed by atoms with van der Waals surface area (Å²) in [7, 11) is 0. The van der Waals surface area contributed by atoms with Gasteiger partial charge < -0.3 is 5.11 Å². The first-order valence-corrected chi connectivity index (χ1v) is 7.89. The van der Waals surface area contributed by atoms with Crippen LogP contribution in [0.3, 0.4) is 0 Å². The Hall–Kier alpha value is -1.93. The Bertz CT molecular complexity index is 575. The van der Waals surface area contributed by atoms with E-state index in [4.69, 9.17) is 0 Å². The second-order valence-electron chi connectivity index (χ2n) is 6.22. The summed E-state index contributed by atoms with van der Waals surface area (Å²) in [6.07, 6.45) is 0.589. The maximum Gasteiger partial charge on any atom is 0.168 e. The predicted octanol–water partition coefficient (Wildman–Crippen LogP) is 4.14. The molecule has 0 fully saturated rings. The molecule has 2 unspecified atom stereocenters. The molecular weight excluding hydrogens is 272 g/mol. The zero-order chi connectivity index (χ0) is 15.9. The summed E-state index contributed by atoms with van der Waals surface area (Å²) in [6.45, 7) is 4.13. The Morgan fingerprint density at radius 3 is 2.05 bits per heavy atom. The lowest BCUT2D eigenvalue weighted by Crippen LogP contribution is -2.31. The molecule has 2 aromatic rings. The maximum atomic E-state index is 12.8. The number of carbonyl (C=O) groups excluding carboxylic acids is 1. The first-order valence-electron chi connectivity index (χ1n) is 7.89. The molecule has 0 aliphatic carbocycles. The molecule has 0 bridgehead atoms. The molecule has 0 saturated carbocycles. The van der Waals surface area contributed by atoms with Crippen LogP contribution in [0.4, 0.5) is 0 Å². The molecule has 2 aromatic carbocycles. The van der Waals surface area contributed by atoms with Crippen LogP contribution in [0.2, 0.25) is 0 Å². The summed E-state index contributed by atoms with van der Waals surface area (Å²) in [5.74, 6) is -0.0124. The number of ketones is 1. The Morgan fingerprint density at radius 1 is 0.955 bits per heavy atom. The molecule has 0 amide bonds. The van der Waals surface area contributed by atoms with Crippen molar-refractivity contribution in [2.45, 2.75) is 32.8 Å². The summed E-state index contributed by atoms with van der Waals surface area (Å²) in [5.41, 5.74) is 1.76. The van der Waals surface area contributed by atoms with Gasteiger partial charge >= 0.3 is 0 Å². The molecule has 0 spiro atoms. The molecule has 0 aliphatic heterocycles. The normalized spacial score (nSPS) is 13.8. The number of carbonyl (C=O) groups is 1. The van der Waals surface area contributed by atoms with Gasteiger partial charge in [-0.05, 0) is 24.3 Å². The van der Waals surface area contributed by atoms with Crippen LogP contribution >= 0.6 is 0 Å². The van der Waals surface area contributed by atoms with Gasteiger partial charge in [0.1, 0.15) is 0 Å². The van der Waals surface area contributed by atoms with Gasteiger partial charge in [-0.1, -0.05) is 74.5 Å². The monoisotopic (exact) mass is 296 g/mol. The second-order valence-corrected chi connectivity index (χ2v) is 6.22. The highest BCUT2D eigenvalue weighted by Gasteiger charge is 2.28. The van der Waals surface area contributed by atoms with Crippen molar-refractivity contribution in [3.63, 3.8) is 0 Å². The van der Waals surface area contributed by atoms with Gasteiger partial charge in [0.2, 0.25) is 0 Å². The smallest absolute Gasteiger partial charge is 0.168 e. The van der Waals surface area contributed by atoms with Crippen molar-refractivity contribution in [2.24, 2.45) is 11.8 Å². The maximum absolute atomic E-state index is 12.8. The lowest BCUT2D eigenvalue weighted by Gasteiger charge is -2.23. The van der Waals surface area contributed by atoms with E-state index in [0.717, 1.165) is 5.56 Å². The van der Waals surface area contributed by atoms with E-state index in [0.29, 0.717) is 24.3 Å². The molecule has 0 saturated heterocycles. The molecule has 0 aliphatic rings. The highest BCUT2D eigenvalue weighted by Crippen LogP contribution is 2.22. The highest BCUT2D eigenvalue weighted by molar-refractivity contribution is 5.98. The highest BCUT2D eigenvalue weighted by atomic mass is 16.3. The molecule has 2 heteroatoms. The summed E-state index contributed by atoms with van der Waals surface area (Å²) in [4.78, 5) is 12.8. The molecular formula is C20H24O2. The number of hydrogen-bond donors (Lipinski definition) is 1. The number of Topliss-reactive ketones (excluding diaryl/α,β-unsaturated/α-hetero) is 1. The van der Waals surface area contributed by atoms with Crippen molar-refractivity contribution in [1.29, 1.82) is 0 Å². The number of aliphatic hydroxyl groups is 1. The van der Waals surface area contributed by atoms with Gasteiger partial charge in [0.25, 0.3) is 0 Å². The van der Waals surface area contributed by atoms with E-state index >= 15 is 0 Å². The van der Waals surface area contributed by atoms with Crippen LogP contribution < -0.4 is 0 Å². The third-order valence-electron chi connectivity index (χ3n) is 3.87. The number of rotatable bonds is 7. The minimum absolute atomic E-state index is 0.0256. The largest absolute Gasteiger partial charge is 0.392 e. The van der Waals surface area contributed by atoms with Crippen LogP contribution in [-0.4, -0.2) is 17.0 Å². The van der Waals surface area contributed by atoms with Crippen molar-refractivity contribution in [3.8, 4) is 0 Å². The second kappa shape index (κ2) is 7.90. The fourth-order valence-electron chi connectivity index (χ4n) is 2.74. The molecule has 0 aromatic heterocycles. The van der Waals surface area contributed by atoms with Crippen molar-refractivity contribution in [3.05, 3.63) is 71.8 Å². The molecule has 22 heavy (non-hydrogen) atoms. The minimum Gasteiger partial charge on any atom is -0.392 e. The van der Waals surface area contributed by atoms with E-state index in [1.165, 1.54) is 0 Å². The first kappa shape index (κ1) is 16.4. The van der Waals surface area contributed by atoms with E-state index in [1.54, 1.807) is 0 Å². The van der Waals surface area contributed by atoms with Crippen LogP contribution in [0.25, 0.3) is 0 Å². The SMILES string of the molecule is CC(C)CC(O)C(Cc1ccccc1)C(=O)c1ccccc1. The van der Waals surface area contributed by atoms with Gasteiger partial charge in [-0.25, -0.2) is 0 Å². The van der Waals surface area contributed by atoms with Crippen molar-refractivity contribution >= 4 is 5.78 Å². The molecule has 2 atom stereocenters. The zero-order valence-electron chi connectivity index (χ0n) is 13.3. The van der Waals surface area contributed by atoms with Crippen LogP contribution in [0.15, 0.2) is 60.7 Å². The van der Waals surface area contributed by atoms with Gasteiger partial charge in [-0.3, -0.25) is 4.79 Å². The fourth-order valence-corrected chi connectivity index (χ4v) is 2.74. The van der Waals surface area contributed by atoms with E-state index in [1.807, 2.05) is 60.7 Å². The molecule has 2 rings (SSSR count). The van der Waals surface area contributed by atoms with Crippen molar-refractivity contribution in [2.75, 3.05) is 0 Å². The number of aliphatic hydroxyl groups excluding tert-OH is 1.